The van der Waals surface area contributed by atoms with Crippen LogP contribution in [-0.2, 0) is 11.2 Å². The van der Waals surface area contributed by atoms with Gasteiger partial charge in [0.25, 0.3) is 0 Å². The number of anilines is 1. The molecule has 1 amide bonds. The van der Waals surface area contributed by atoms with Gasteiger partial charge in [0, 0.05) is 24.9 Å². The van der Waals surface area contributed by atoms with Gasteiger partial charge in [0.15, 0.2) is 0 Å². The molecular weight excluding hydrogens is 300 g/mol. The Hall–Kier alpha value is -2.95. The second kappa shape index (κ2) is 8.06. The first kappa shape index (κ1) is 15.9. The summed E-state index contributed by atoms with van der Waals surface area (Å²) >= 11 is 0. The number of para-hydroxylation sites is 1. The first-order valence-corrected chi connectivity index (χ1v) is 8.07. The maximum Gasteiger partial charge on any atom is 0.221 e. The van der Waals surface area contributed by atoms with Gasteiger partial charge in [-0.05, 0) is 24.1 Å². The van der Waals surface area contributed by atoms with Gasteiger partial charge in [0.2, 0.25) is 5.91 Å². The second-order valence-electron chi connectivity index (χ2n) is 5.50. The largest absolute Gasteiger partial charge is 0.369 e. The van der Waals surface area contributed by atoms with Crippen molar-refractivity contribution in [2.45, 2.75) is 12.8 Å². The van der Waals surface area contributed by atoms with Gasteiger partial charge < -0.3 is 10.6 Å². The van der Waals surface area contributed by atoms with Crippen LogP contribution in [0.5, 0.6) is 0 Å². The molecule has 0 radical (unpaired) electrons. The van der Waals surface area contributed by atoms with Crippen molar-refractivity contribution in [1.82, 2.24) is 15.3 Å². The van der Waals surface area contributed by atoms with Crippen molar-refractivity contribution in [2.75, 3.05) is 18.4 Å². The number of rotatable bonds is 7. The van der Waals surface area contributed by atoms with Crippen LogP contribution >= 0.6 is 0 Å². The maximum absolute atomic E-state index is 11.9. The van der Waals surface area contributed by atoms with Crippen LogP contribution in [0.15, 0.2) is 60.9 Å². The molecule has 2 aromatic carbocycles. The number of carbonyl (C=O) groups excluding carboxylic acids is 1. The number of aromatic nitrogens is 2. The van der Waals surface area contributed by atoms with Crippen LogP contribution in [0.3, 0.4) is 0 Å². The average Bonchev–Trinajstić information content (AvgIpc) is 2.63. The van der Waals surface area contributed by atoms with Crippen LogP contribution in [0.1, 0.15) is 12.0 Å². The van der Waals surface area contributed by atoms with Crippen LogP contribution in [0.4, 0.5) is 5.82 Å². The number of nitrogens with one attached hydrogen (secondary N) is 2. The molecule has 0 spiro atoms. The first-order chi connectivity index (χ1) is 11.8. The van der Waals surface area contributed by atoms with Crippen LogP contribution in [0, 0.1) is 0 Å². The van der Waals surface area contributed by atoms with Crippen LogP contribution in [0.2, 0.25) is 0 Å². The Bertz CT molecular complexity index is 799. The van der Waals surface area contributed by atoms with Crippen LogP contribution in [-0.4, -0.2) is 29.0 Å². The molecule has 5 nitrogen and oxygen atoms in total. The van der Waals surface area contributed by atoms with E-state index in [4.69, 9.17) is 0 Å². The molecule has 5 heteroatoms. The van der Waals surface area contributed by atoms with Gasteiger partial charge >= 0.3 is 0 Å². The van der Waals surface area contributed by atoms with Gasteiger partial charge in [0.05, 0.1) is 5.52 Å². The lowest BCUT2D eigenvalue weighted by molar-refractivity contribution is -0.120. The van der Waals surface area contributed by atoms with Crippen molar-refractivity contribution in [3.63, 3.8) is 0 Å². The van der Waals surface area contributed by atoms with Gasteiger partial charge in [-0.1, -0.05) is 42.5 Å². The smallest absolute Gasteiger partial charge is 0.221 e. The standard InChI is InChI=1S/C19H20N4O/c24-18(20-12-10-15-6-2-1-3-7-15)11-13-21-19-16-8-4-5-9-17(16)22-14-23-19/h1-9,14H,10-13H2,(H,20,24)(H,21,22,23). The summed E-state index contributed by atoms with van der Waals surface area (Å²) in [6.07, 6.45) is 2.79. The van der Waals surface area contributed by atoms with Gasteiger partial charge in [-0.3, -0.25) is 4.79 Å². The third-order valence-electron chi connectivity index (χ3n) is 3.77. The molecular formula is C19H20N4O. The number of amides is 1. The van der Waals surface area contributed by atoms with Gasteiger partial charge in [0.1, 0.15) is 12.1 Å². The van der Waals surface area contributed by atoms with E-state index in [-0.39, 0.29) is 5.91 Å². The summed E-state index contributed by atoms with van der Waals surface area (Å²) in [7, 11) is 0. The highest BCUT2D eigenvalue weighted by Gasteiger charge is 2.04. The van der Waals surface area contributed by atoms with Crippen molar-refractivity contribution < 1.29 is 4.79 Å². The van der Waals surface area contributed by atoms with Crippen molar-refractivity contribution in [3.05, 3.63) is 66.5 Å². The molecule has 3 aromatic rings. The summed E-state index contributed by atoms with van der Waals surface area (Å²) in [4.78, 5) is 20.4. The number of carbonyl (C=O) groups is 1. The van der Waals surface area contributed by atoms with Crippen molar-refractivity contribution >= 4 is 22.6 Å². The molecule has 24 heavy (non-hydrogen) atoms. The zero-order valence-corrected chi connectivity index (χ0v) is 13.4. The molecule has 0 aliphatic carbocycles. The van der Waals surface area contributed by atoms with E-state index in [1.807, 2.05) is 42.5 Å². The Kier molecular flexibility index (Phi) is 5.35. The minimum absolute atomic E-state index is 0.0387. The van der Waals surface area contributed by atoms with E-state index in [1.54, 1.807) is 0 Å². The van der Waals surface area contributed by atoms with Crippen molar-refractivity contribution in [1.29, 1.82) is 0 Å². The molecule has 0 saturated heterocycles. The minimum atomic E-state index is 0.0387. The lowest BCUT2D eigenvalue weighted by atomic mass is 10.1. The monoisotopic (exact) mass is 320 g/mol. The normalized spacial score (nSPS) is 10.5. The number of hydrogen-bond acceptors (Lipinski definition) is 4. The molecule has 0 aliphatic rings. The van der Waals surface area contributed by atoms with E-state index in [0.29, 0.717) is 19.5 Å². The number of nitrogens with zero attached hydrogens (tertiary/aromatic N) is 2. The quantitative estimate of drug-likeness (QED) is 0.702. The molecule has 0 fully saturated rings. The highest BCUT2D eigenvalue weighted by Crippen LogP contribution is 2.17. The molecule has 3 rings (SSSR count). The maximum atomic E-state index is 11.9. The molecule has 1 aromatic heterocycles. The predicted molar refractivity (Wildman–Crippen MR) is 95.8 cm³/mol. The summed E-state index contributed by atoms with van der Waals surface area (Å²) in [6.45, 7) is 1.19. The summed E-state index contributed by atoms with van der Waals surface area (Å²) in [5.74, 6) is 0.800. The number of benzene rings is 2. The first-order valence-electron chi connectivity index (χ1n) is 8.07. The van der Waals surface area contributed by atoms with E-state index < -0.39 is 0 Å². The van der Waals surface area contributed by atoms with E-state index in [2.05, 4.69) is 32.7 Å². The Balaban J connectivity index is 1.43. The van der Waals surface area contributed by atoms with E-state index in [1.165, 1.54) is 11.9 Å². The molecule has 0 bridgehead atoms. The summed E-state index contributed by atoms with van der Waals surface area (Å²) < 4.78 is 0. The lowest BCUT2D eigenvalue weighted by Crippen LogP contribution is -2.27. The molecule has 1 heterocycles. The second-order valence-corrected chi connectivity index (χ2v) is 5.50. The fourth-order valence-electron chi connectivity index (χ4n) is 2.52. The van der Waals surface area contributed by atoms with Gasteiger partial charge in [-0.25, -0.2) is 9.97 Å². The van der Waals surface area contributed by atoms with Crippen molar-refractivity contribution in [2.24, 2.45) is 0 Å². The predicted octanol–water partition coefficient (Wildman–Crippen LogP) is 2.79. The molecule has 0 unspecified atom stereocenters. The Morgan fingerprint density at radius 1 is 0.917 bits per heavy atom. The highest BCUT2D eigenvalue weighted by atomic mass is 16.1. The zero-order valence-electron chi connectivity index (χ0n) is 13.4. The van der Waals surface area contributed by atoms with Gasteiger partial charge in [-0.2, -0.15) is 0 Å². The van der Waals surface area contributed by atoms with Crippen LogP contribution in [0.25, 0.3) is 10.9 Å². The topological polar surface area (TPSA) is 66.9 Å². The molecule has 0 atom stereocenters. The molecule has 2 N–H and O–H groups in total. The third kappa shape index (κ3) is 4.29. The Morgan fingerprint density at radius 2 is 1.71 bits per heavy atom. The number of fused-ring (bicyclic) bond motifs is 1. The SMILES string of the molecule is O=C(CCNc1ncnc2ccccc12)NCCc1ccccc1. The number of hydrogen-bond donors (Lipinski definition) is 2. The molecule has 0 saturated carbocycles. The Morgan fingerprint density at radius 3 is 2.58 bits per heavy atom. The highest BCUT2D eigenvalue weighted by molar-refractivity contribution is 5.88. The lowest BCUT2D eigenvalue weighted by Gasteiger charge is -2.09. The molecule has 0 aliphatic heterocycles. The van der Waals surface area contributed by atoms with Crippen molar-refractivity contribution in [3.8, 4) is 0 Å². The Labute approximate surface area is 141 Å². The summed E-state index contributed by atoms with van der Waals surface area (Å²) in [5.41, 5.74) is 2.12. The van der Waals surface area contributed by atoms with E-state index >= 15 is 0 Å². The minimum Gasteiger partial charge on any atom is -0.369 e. The fraction of sp³-hybridized carbons (Fsp3) is 0.211. The van der Waals surface area contributed by atoms with Crippen LogP contribution < -0.4 is 10.6 Å². The zero-order chi connectivity index (χ0) is 16.6. The van der Waals surface area contributed by atoms with E-state index in [9.17, 15) is 4.79 Å². The average molecular weight is 320 g/mol. The summed E-state index contributed by atoms with van der Waals surface area (Å²) in [5, 5.41) is 7.12. The summed E-state index contributed by atoms with van der Waals surface area (Å²) in [6, 6.07) is 17.9. The molecule has 122 valence electrons. The van der Waals surface area contributed by atoms with Gasteiger partial charge in [-0.15, -0.1) is 0 Å². The fourth-order valence-corrected chi connectivity index (χ4v) is 2.52. The van der Waals surface area contributed by atoms with E-state index in [0.717, 1.165) is 23.1 Å². The third-order valence-corrected chi connectivity index (χ3v) is 3.77.